The second-order valence-corrected chi connectivity index (χ2v) is 12.1. The fourth-order valence-corrected chi connectivity index (χ4v) is 7.76. The molecule has 3 heterocycles. The Morgan fingerprint density at radius 2 is 1.79 bits per heavy atom. The summed E-state index contributed by atoms with van der Waals surface area (Å²) >= 11 is 0. The van der Waals surface area contributed by atoms with Crippen LogP contribution in [0.15, 0.2) is 67.0 Å². The molecule has 2 aromatic carbocycles. The van der Waals surface area contributed by atoms with E-state index in [0.717, 1.165) is 51.4 Å². The Hall–Kier alpha value is -2.92. The molecule has 6 rings (SSSR count). The smallest absolute Gasteiger partial charge is 0.302 e. The van der Waals surface area contributed by atoms with E-state index in [-0.39, 0.29) is 17.5 Å². The van der Waals surface area contributed by atoms with E-state index >= 15 is 0 Å². The van der Waals surface area contributed by atoms with Crippen molar-refractivity contribution in [3.05, 3.63) is 72.6 Å². The third-order valence-electron chi connectivity index (χ3n) is 9.83. The molecule has 1 aliphatic carbocycles. The number of rotatable bonds is 7. The van der Waals surface area contributed by atoms with Gasteiger partial charge < -0.3 is 14.5 Å². The summed E-state index contributed by atoms with van der Waals surface area (Å²) in [5.74, 6) is 1.59. The number of pyridine rings is 1. The van der Waals surface area contributed by atoms with E-state index in [4.69, 9.17) is 4.74 Å². The molecule has 3 aromatic rings. The number of likely N-dealkylation sites (tertiary alicyclic amines) is 1. The maximum absolute atomic E-state index is 11.9. The highest BCUT2D eigenvalue weighted by Crippen LogP contribution is 2.51. The molecular weight excluding hydrogens is 470 g/mol. The third kappa shape index (κ3) is 4.93. The molecule has 5 nitrogen and oxygen atoms in total. The van der Waals surface area contributed by atoms with Gasteiger partial charge in [0.1, 0.15) is 6.10 Å². The summed E-state index contributed by atoms with van der Waals surface area (Å²) in [5.41, 5.74) is 2.77. The van der Waals surface area contributed by atoms with Crippen molar-refractivity contribution in [3.8, 4) is 0 Å². The van der Waals surface area contributed by atoms with Gasteiger partial charge in [0.15, 0.2) is 0 Å². The van der Waals surface area contributed by atoms with Crippen LogP contribution in [0, 0.1) is 17.8 Å². The van der Waals surface area contributed by atoms with Gasteiger partial charge in [0, 0.05) is 67.3 Å². The quantitative estimate of drug-likeness (QED) is 0.360. The van der Waals surface area contributed by atoms with Crippen LogP contribution in [0.3, 0.4) is 0 Å². The molecule has 0 amide bonds. The summed E-state index contributed by atoms with van der Waals surface area (Å²) in [6.07, 6.45) is 9.58. The first-order valence-corrected chi connectivity index (χ1v) is 14.5. The van der Waals surface area contributed by atoms with Crippen LogP contribution in [0.5, 0.6) is 0 Å². The SMILES string of the molecule is CC(=O)O[C@H]1CCC[C@@H]1C(C)(c1ccccc1)C1CCN(CC2CN(c3ccc4ccncc4c3)C2)CC1. The summed E-state index contributed by atoms with van der Waals surface area (Å²) in [6.45, 7) is 9.83. The van der Waals surface area contributed by atoms with Crippen molar-refractivity contribution in [3.63, 3.8) is 0 Å². The number of anilines is 1. The number of carbonyl (C=O) groups excluding carboxylic acids is 1. The number of piperidine rings is 1. The van der Waals surface area contributed by atoms with Crippen LogP contribution < -0.4 is 4.90 Å². The molecule has 200 valence electrons. The van der Waals surface area contributed by atoms with Crippen LogP contribution in [0.2, 0.25) is 0 Å². The van der Waals surface area contributed by atoms with Gasteiger partial charge in [-0.25, -0.2) is 0 Å². The summed E-state index contributed by atoms with van der Waals surface area (Å²) < 4.78 is 5.89. The van der Waals surface area contributed by atoms with Gasteiger partial charge in [0.2, 0.25) is 0 Å². The Labute approximate surface area is 227 Å². The van der Waals surface area contributed by atoms with Crippen molar-refractivity contribution in [2.24, 2.45) is 17.8 Å². The standard InChI is InChI=1S/C33H41N3O2/c1-24(37)38-32-10-6-9-31(32)33(2,28-7-4-3-5-8-28)29-14-17-35(18-15-29)21-25-22-36(23-25)30-12-11-26-13-16-34-20-27(26)19-30/h3-5,7-8,11-13,16,19-20,25,29,31-32H,6,9-10,14-15,17-18,21-23H2,1-2H3/t31-,32-,33?/m0/s1. The zero-order valence-electron chi connectivity index (χ0n) is 22.9. The number of fused-ring (bicyclic) bond motifs is 1. The third-order valence-corrected chi connectivity index (χ3v) is 9.83. The highest BCUT2D eigenvalue weighted by Gasteiger charge is 2.49. The number of esters is 1. The zero-order valence-corrected chi connectivity index (χ0v) is 22.9. The fourth-order valence-electron chi connectivity index (χ4n) is 7.76. The minimum Gasteiger partial charge on any atom is -0.462 e. The lowest BCUT2D eigenvalue weighted by atomic mass is 9.60. The van der Waals surface area contributed by atoms with Crippen molar-refractivity contribution in [1.29, 1.82) is 0 Å². The first kappa shape index (κ1) is 25.4. The van der Waals surface area contributed by atoms with Gasteiger partial charge in [-0.05, 0) is 80.3 Å². The van der Waals surface area contributed by atoms with Gasteiger partial charge in [0.25, 0.3) is 0 Å². The maximum atomic E-state index is 11.9. The predicted molar refractivity (Wildman–Crippen MR) is 153 cm³/mol. The van der Waals surface area contributed by atoms with E-state index in [1.165, 1.54) is 41.4 Å². The van der Waals surface area contributed by atoms with E-state index < -0.39 is 0 Å². The van der Waals surface area contributed by atoms with E-state index in [0.29, 0.717) is 11.8 Å². The number of ether oxygens (including phenoxy) is 1. The molecule has 1 unspecified atom stereocenters. The Morgan fingerprint density at radius 1 is 1.00 bits per heavy atom. The van der Waals surface area contributed by atoms with Crippen molar-refractivity contribution < 1.29 is 9.53 Å². The van der Waals surface area contributed by atoms with Crippen molar-refractivity contribution in [1.82, 2.24) is 9.88 Å². The number of hydrogen-bond donors (Lipinski definition) is 0. The summed E-state index contributed by atoms with van der Waals surface area (Å²) in [6, 6.07) is 19.9. The molecular formula is C33H41N3O2. The monoisotopic (exact) mass is 511 g/mol. The zero-order chi connectivity index (χ0) is 26.1. The molecule has 3 aliphatic rings. The van der Waals surface area contributed by atoms with Crippen molar-refractivity contribution in [2.75, 3.05) is 37.6 Å². The second-order valence-electron chi connectivity index (χ2n) is 12.1. The minimum absolute atomic E-state index is 0.0299. The lowest BCUT2D eigenvalue weighted by Crippen LogP contribution is -2.54. The number of benzene rings is 2. The first-order chi connectivity index (χ1) is 18.5. The Morgan fingerprint density at radius 3 is 2.55 bits per heavy atom. The molecule has 0 N–H and O–H groups in total. The molecule has 0 radical (unpaired) electrons. The molecule has 38 heavy (non-hydrogen) atoms. The lowest BCUT2D eigenvalue weighted by Gasteiger charge is -2.49. The van der Waals surface area contributed by atoms with E-state index in [1.807, 2.05) is 12.4 Å². The van der Waals surface area contributed by atoms with Gasteiger partial charge in [-0.2, -0.15) is 0 Å². The molecule has 2 aliphatic heterocycles. The topological polar surface area (TPSA) is 45.7 Å². The van der Waals surface area contributed by atoms with Crippen LogP contribution in [-0.4, -0.2) is 54.7 Å². The average molecular weight is 512 g/mol. The average Bonchev–Trinajstić information content (AvgIpc) is 3.38. The summed E-state index contributed by atoms with van der Waals surface area (Å²) in [7, 11) is 0. The second kappa shape index (κ2) is 10.7. The molecule has 0 bridgehead atoms. The van der Waals surface area contributed by atoms with Crippen LogP contribution in [0.1, 0.15) is 51.5 Å². The van der Waals surface area contributed by atoms with Crippen molar-refractivity contribution >= 4 is 22.4 Å². The number of aromatic nitrogens is 1. The van der Waals surface area contributed by atoms with Gasteiger partial charge in [-0.1, -0.05) is 43.3 Å². The molecule has 0 spiro atoms. The fraction of sp³-hybridized carbons (Fsp3) is 0.515. The van der Waals surface area contributed by atoms with Crippen LogP contribution in [-0.2, 0) is 14.9 Å². The van der Waals surface area contributed by atoms with Crippen LogP contribution in [0.4, 0.5) is 5.69 Å². The van der Waals surface area contributed by atoms with Crippen molar-refractivity contribution in [2.45, 2.75) is 57.5 Å². The molecule has 1 aromatic heterocycles. The number of carbonyl (C=O) groups is 1. The molecule has 5 heteroatoms. The van der Waals surface area contributed by atoms with Gasteiger partial charge in [-0.3, -0.25) is 9.78 Å². The molecule has 2 saturated heterocycles. The normalized spacial score (nSPS) is 24.7. The Balaban J connectivity index is 1.08. The van der Waals surface area contributed by atoms with E-state index in [1.54, 1.807) is 6.92 Å². The Kier molecular flexibility index (Phi) is 7.13. The molecule has 3 fully saturated rings. The molecule has 3 atom stereocenters. The molecule has 1 saturated carbocycles. The summed E-state index contributed by atoms with van der Waals surface area (Å²) in [5, 5.41) is 2.47. The van der Waals surface area contributed by atoms with Crippen LogP contribution >= 0.6 is 0 Å². The van der Waals surface area contributed by atoms with Gasteiger partial charge >= 0.3 is 5.97 Å². The first-order valence-electron chi connectivity index (χ1n) is 14.5. The minimum atomic E-state index is -0.137. The number of nitrogens with zero attached hydrogens (tertiary/aromatic N) is 3. The highest BCUT2D eigenvalue weighted by molar-refractivity contribution is 5.85. The lowest BCUT2D eigenvalue weighted by molar-refractivity contribution is -0.150. The predicted octanol–water partition coefficient (Wildman–Crippen LogP) is 6.07. The highest BCUT2D eigenvalue weighted by atomic mass is 16.5. The van der Waals surface area contributed by atoms with Gasteiger partial charge in [0.05, 0.1) is 0 Å². The van der Waals surface area contributed by atoms with E-state index in [2.05, 4.69) is 76.3 Å². The number of hydrogen-bond acceptors (Lipinski definition) is 5. The Bertz CT molecular complexity index is 1250. The largest absolute Gasteiger partial charge is 0.462 e. The summed E-state index contributed by atoms with van der Waals surface area (Å²) in [4.78, 5) is 21.4. The van der Waals surface area contributed by atoms with Gasteiger partial charge in [-0.15, -0.1) is 0 Å². The maximum Gasteiger partial charge on any atom is 0.302 e. The van der Waals surface area contributed by atoms with Crippen LogP contribution in [0.25, 0.3) is 10.8 Å². The van der Waals surface area contributed by atoms with E-state index in [9.17, 15) is 4.79 Å².